The average molecular weight is 441 g/mol. The second-order valence-electron chi connectivity index (χ2n) is 7.49. The molecular formula is C24H23N7O2. The molecule has 0 aliphatic heterocycles. The lowest BCUT2D eigenvalue weighted by molar-refractivity contribution is 0.269. The molecule has 166 valence electrons. The molecule has 5 aromatic rings. The van der Waals surface area contributed by atoms with Gasteiger partial charge in [0.1, 0.15) is 23.5 Å². The summed E-state index contributed by atoms with van der Waals surface area (Å²) in [6, 6.07) is 14.0. The van der Waals surface area contributed by atoms with Crippen molar-refractivity contribution in [3.05, 3.63) is 79.1 Å². The quantitative estimate of drug-likeness (QED) is 0.381. The first kappa shape index (κ1) is 20.7. The molecule has 9 nitrogen and oxygen atoms in total. The summed E-state index contributed by atoms with van der Waals surface area (Å²) >= 11 is 0. The highest BCUT2D eigenvalue weighted by atomic mass is 16.5. The molecule has 0 aliphatic rings. The summed E-state index contributed by atoms with van der Waals surface area (Å²) in [6.45, 7) is 1.19. The maximum absolute atomic E-state index is 9.04. The molecule has 5 rings (SSSR count). The van der Waals surface area contributed by atoms with E-state index in [1.165, 1.54) is 0 Å². The van der Waals surface area contributed by atoms with Gasteiger partial charge < -0.3 is 15.2 Å². The lowest BCUT2D eigenvalue weighted by atomic mass is 10.1. The number of nitrogens with one attached hydrogen (secondary N) is 1. The Morgan fingerprint density at radius 2 is 1.88 bits per heavy atom. The van der Waals surface area contributed by atoms with Gasteiger partial charge in [-0.1, -0.05) is 24.3 Å². The van der Waals surface area contributed by atoms with Crippen molar-refractivity contribution in [1.82, 2.24) is 29.1 Å². The summed E-state index contributed by atoms with van der Waals surface area (Å²) in [5, 5.41) is 16.7. The minimum absolute atomic E-state index is 0.0719. The molecule has 0 saturated heterocycles. The van der Waals surface area contributed by atoms with Crippen LogP contribution in [-0.2, 0) is 13.1 Å². The lowest BCUT2D eigenvalue weighted by Crippen LogP contribution is -2.02. The van der Waals surface area contributed by atoms with Gasteiger partial charge in [0.25, 0.3) is 0 Å². The molecule has 0 spiro atoms. The molecule has 0 unspecified atom stereocenters. The lowest BCUT2D eigenvalue weighted by Gasteiger charge is -2.08. The summed E-state index contributed by atoms with van der Waals surface area (Å²) in [7, 11) is 1.64. The molecular weight excluding hydrogens is 418 g/mol. The number of imidazole rings is 1. The summed E-state index contributed by atoms with van der Waals surface area (Å²) in [4.78, 5) is 13.2. The number of aliphatic hydroxyl groups is 1. The first-order chi connectivity index (χ1) is 16.2. The number of ether oxygens (including phenoxy) is 1. The second kappa shape index (κ2) is 9.09. The molecule has 0 amide bonds. The van der Waals surface area contributed by atoms with Crippen molar-refractivity contribution in [3.8, 4) is 28.3 Å². The van der Waals surface area contributed by atoms with Crippen LogP contribution in [0.5, 0.6) is 5.75 Å². The van der Waals surface area contributed by atoms with Gasteiger partial charge in [-0.3, -0.25) is 9.08 Å². The Hall–Kier alpha value is -4.24. The zero-order chi connectivity index (χ0) is 22.6. The van der Waals surface area contributed by atoms with Crippen molar-refractivity contribution in [3.63, 3.8) is 0 Å². The normalized spacial score (nSPS) is 11.1. The van der Waals surface area contributed by atoms with E-state index in [0.717, 1.165) is 45.3 Å². The van der Waals surface area contributed by atoms with E-state index in [0.29, 0.717) is 13.1 Å². The highest BCUT2D eigenvalue weighted by Crippen LogP contribution is 2.23. The number of methoxy groups -OCH3 is 1. The summed E-state index contributed by atoms with van der Waals surface area (Å²) in [6.07, 6.45) is 9.00. The number of anilines is 1. The Morgan fingerprint density at radius 1 is 1.00 bits per heavy atom. The number of benzene rings is 1. The molecule has 0 radical (unpaired) electrons. The van der Waals surface area contributed by atoms with Crippen LogP contribution < -0.4 is 10.1 Å². The van der Waals surface area contributed by atoms with Gasteiger partial charge in [-0.2, -0.15) is 5.10 Å². The van der Waals surface area contributed by atoms with Crippen molar-refractivity contribution in [2.45, 2.75) is 13.1 Å². The predicted octanol–water partition coefficient (Wildman–Crippen LogP) is 3.27. The number of pyridine rings is 1. The van der Waals surface area contributed by atoms with Crippen LogP contribution in [0.25, 0.3) is 28.2 Å². The van der Waals surface area contributed by atoms with Gasteiger partial charge in [-0.25, -0.2) is 15.0 Å². The monoisotopic (exact) mass is 441 g/mol. The van der Waals surface area contributed by atoms with Crippen molar-refractivity contribution >= 4 is 11.5 Å². The van der Waals surface area contributed by atoms with Crippen molar-refractivity contribution in [2.24, 2.45) is 0 Å². The SMILES string of the molecule is COc1ccn2c(-c3cc(NCc4ccc(-c5cnn(CCO)c5)cc4)ncn3)cnc2c1. The van der Waals surface area contributed by atoms with Crippen LogP contribution in [0.4, 0.5) is 5.82 Å². The van der Waals surface area contributed by atoms with E-state index < -0.39 is 0 Å². The fourth-order valence-electron chi connectivity index (χ4n) is 3.62. The molecule has 4 aromatic heterocycles. The highest BCUT2D eigenvalue weighted by molar-refractivity contribution is 5.64. The zero-order valence-corrected chi connectivity index (χ0v) is 18.1. The first-order valence-electron chi connectivity index (χ1n) is 10.5. The summed E-state index contributed by atoms with van der Waals surface area (Å²) < 4.78 is 8.97. The Kier molecular flexibility index (Phi) is 5.69. The van der Waals surface area contributed by atoms with Crippen LogP contribution in [0.2, 0.25) is 0 Å². The van der Waals surface area contributed by atoms with Gasteiger partial charge in [0.15, 0.2) is 0 Å². The number of aliphatic hydroxyl groups excluding tert-OH is 1. The van der Waals surface area contributed by atoms with E-state index in [2.05, 4.69) is 49.6 Å². The van der Waals surface area contributed by atoms with Crippen LogP contribution in [-0.4, -0.2) is 48.0 Å². The molecule has 0 aliphatic carbocycles. The zero-order valence-electron chi connectivity index (χ0n) is 18.1. The van der Waals surface area contributed by atoms with E-state index in [4.69, 9.17) is 9.84 Å². The number of fused-ring (bicyclic) bond motifs is 1. The van der Waals surface area contributed by atoms with E-state index in [-0.39, 0.29) is 6.61 Å². The van der Waals surface area contributed by atoms with E-state index >= 15 is 0 Å². The Morgan fingerprint density at radius 3 is 2.70 bits per heavy atom. The standard InChI is InChI=1S/C24H23N7O2/c1-33-20-6-7-31-22(14-26-24(31)10-20)21-11-23(28-16-27-21)25-12-17-2-4-18(5-3-17)19-13-29-30(15-19)8-9-32/h2-7,10-11,13-16,32H,8-9,12H2,1H3,(H,25,27,28). The van der Waals surface area contributed by atoms with Crippen LogP contribution >= 0.6 is 0 Å². The molecule has 2 N–H and O–H groups in total. The minimum Gasteiger partial charge on any atom is -0.497 e. The molecule has 0 fully saturated rings. The summed E-state index contributed by atoms with van der Waals surface area (Å²) in [5.74, 6) is 1.49. The average Bonchev–Trinajstić information content (AvgIpc) is 3.50. The van der Waals surface area contributed by atoms with Crippen molar-refractivity contribution in [2.75, 3.05) is 19.0 Å². The molecule has 0 bridgehead atoms. The maximum Gasteiger partial charge on any atom is 0.140 e. The smallest absolute Gasteiger partial charge is 0.140 e. The fourth-order valence-corrected chi connectivity index (χ4v) is 3.62. The number of rotatable bonds is 8. The Labute approximate surface area is 190 Å². The van der Waals surface area contributed by atoms with Crippen LogP contribution in [0.3, 0.4) is 0 Å². The molecule has 4 heterocycles. The highest BCUT2D eigenvalue weighted by Gasteiger charge is 2.09. The molecule has 1 aromatic carbocycles. The Bertz CT molecular complexity index is 1380. The molecule has 9 heteroatoms. The third-order valence-electron chi connectivity index (χ3n) is 5.37. The second-order valence-corrected chi connectivity index (χ2v) is 7.49. The van der Waals surface area contributed by atoms with Crippen LogP contribution in [0, 0.1) is 0 Å². The van der Waals surface area contributed by atoms with Crippen LogP contribution in [0.15, 0.2) is 73.6 Å². The van der Waals surface area contributed by atoms with Gasteiger partial charge >= 0.3 is 0 Å². The van der Waals surface area contributed by atoms with Gasteiger partial charge in [0, 0.05) is 36.6 Å². The third kappa shape index (κ3) is 4.39. The van der Waals surface area contributed by atoms with Gasteiger partial charge in [0.2, 0.25) is 0 Å². The third-order valence-corrected chi connectivity index (χ3v) is 5.37. The van der Waals surface area contributed by atoms with Crippen LogP contribution in [0.1, 0.15) is 5.56 Å². The number of hydrogen-bond donors (Lipinski definition) is 2. The summed E-state index contributed by atoms with van der Waals surface area (Å²) in [5.41, 5.74) is 5.68. The first-order valence-corrected chi connectivity index (χ1v) is 10.5. The molecule has 0 saturated carbocycles. The molecule has 0 atom stereocenters. The van der Waals surface area contributed by atoms with Crippen molar-refractivity contribution < 1.29 is 9.84 Å². The van der Waals surface area contributed by atoms with Crippen molar-refractivity contribution in [1.29, 1.82) is 0 Å². The minimum atomic E-state index is 0.0719. The van der Waals surface area contributed by atoms with Gasteiger partial charge in [0.05, 0.1) is 44.0 Å². The van der Waals surface area contributed by atoms with E-state index in [1.807, 2.05) is 41.2 Å². The largest absolute Gasteiger partial charge is 0.497 e. The number of aromatic nitrogens is 6. The predicted molar refractivity (Wildman–Crippen MR) is 125 cm³/mol. The number of hydrogen-bond acceptors (Lipinski definition) is 7. The van der Waals surface area contributed by atoms with E-state index in [1.54, 1.807) is 24.3 Å². The molecule has 33 heavy (non-hydrogen) atoms. The van der Waals surface area contributed by atoms with Gasteiger partial charge in [-0.05, 0) is 17.2 Å². The van der Waals surface area contributed by atoms with Gasteiger partial charge in [-0.15, -0.1) is 0 Å². The fraction of sp³-hybridized carbons (Fsp3) is 0.167. The topological polar surface area (TPSA) is 102 Å². The maximum atomic E-state index is 9.04. The number of nitrogens with zero attached hydrogens (tertiary/aromatic N) is 6. The Balaban J connectivity index is 1.28. The van der Waals surface area contributed by atoms with E-state index in [9.17, 15) is 0 Å².